The lowest BCUT2D eigenvalue weighted by Gasteiger charge is -2.15. The predicted octanol–water partition coefficient (Wildman–Crippen LogP) is 2.68. The van der Waals surface area contributed by atoms with Crippen LogP contribution in [0.5, 0.6) is 0 Å². The van der Waals surface area contributed by atoms with Crippen LogP contribution in [0.25, 0.3) is 0 Å². The summed E-state index contributed by atoms with van der Waals surface area (Å²) in [6.45, 7) is 9.00. The first-order valence-electron chi connectivity index (χ1n) is 9.57. The van der Waals surface area contributed by atoms with Crippen LogP contribution in [0, 0.1) is 12.8 Å². The Hall–Kier alpha value is -1.29. The topological polar surface area (TPSA) is 98.9 Å². The highest BCUT2D eigenvalue weighted by atomic mass is 127. The maximum absolute atomic E-state index is 11.9. The van der Waals surface area contributed by atoms with Gasteiger partial charge in [-0.3, -0.25) is 9.79 Å². The highest BCUT2D eigenvalue weighted by Gasteiger charge is 2.11. The lowest BCUT2D eigenvalue weighted by atomic mass is 10.0. The Morgan fingerprint density at radius 3 is 2.56 bits per heavy atom. The first-order valence-corrected chi connectivity index (χ1v) is 9.57. The third kappa shape index (κ3) is 10.6. The summed E-state index contributed by atoms with van der Waals surface area (Å²) >= 11 is 0. The van der Waals surface area contributed by atoms with Crippen molar-refractivity contribution in [2.24, 2.45) is 10.9 Å². The molecule has 0 spiro atoms. The number of nitrogens with zero attached hydrogens (tertiary/aromatic N) is 1. The molecule has 0 radical (unpaired) electrons. The molecule has 1 aromatic rings. The lowest BCUT2D eigenvalue weighted by molar-refractivity contribution is 0.0925. The van der Waals surface area contributed by atoms with Crippen LogP contribution >= 0.6 is 24.0 Å². The molecule has 4 N–H and O–H groups in total. The number of carbonyl (C=O) groups is 1. The minimum absolute atomic E-state index is 0. The second kappa shape index (κ2) is 15.7. The highest BCUT2D eigenvalue weighted by molar-refractivity contribution is 14.0. The van der Waals surface area contributed by atoms with Crippen LogP contribution in [0.2, 0.25) is 0 Å². The van der Waals surface area contributed by atoms with Crippen molar-refractivity contribution in [1.82, 2.24) is 16.0 Å². The summed E-state index contributed by atoms with van der Waals surface area (Å²) in [5.74, 6) is 1.38. The molecule has 0 bridgehead atoms. The van der Waals surface area contributed by atoms with Crippen molar-refractivity contribution in [1.29, 1.82) is 0 Å². The number of aliphatic hydroxyl groups excluding tert-OH is 1. The second-order valence-corrected chi connectivity index (χ2v) is 6.36. The summed E-state index contributed by atoms with van der Waals surface area (Å²) in [6.07, 6.45) is 5.26. The van der Waals surface area contributed by atoms with Gasteiger partial charge in [-0.1, -0.05) is 13.3 Å². The van der Waals surface area contributed by atoms with Crippen molar-refractivity contribution in [2.45, 2.75) is 46.5 Å². The van der Waals surface area contributed by atoms with Crippen molar-refractivity contribution in [2.75, 3.05) is 32.8 Å². The molecule has 0 aliphatic heterocycles. The van der Waals surface area contributed by atoms with E-state index in [4.69, 9.17) is 9.52 Å². The van der Waals surface area contributed by atoms with Gasteiger partial charge in [0.25, 0.3) is 5.91 Å². The quantitative estimate of drug-likeness (QED) is 0.155. The van der Waals surface area contributed by atoms with Gasteiger partial charge in [0.2, 0.25) is 0 Å². The first-order chi connectivity index (χ1) is 12.6. The number of guanidine groups is 1. The van der Waals surface area contributed by atoms with Crippen LogP contribution in [0.1, 0.15) is 55.6 Å². The maximum atomic E-state index is 11.9. The molecular weight excluding hydrogens is 459 g/mol. The molecule has 1 aromatic heterocycles. The van der Waals surface area contributed by atoms with Gasteiger partial charge in [-0.2, -0.15) is 0 Å². The number of carbonyl (C=O) groups excluding carboxylic acids is 1. The highest BCUT2D eigenvalue weighted by Crippen LogP contribution is 2.11. The van der Waals surface area contributed by atoms with Crippen LogP contribution in [-0.2, 0) is 0 Å². The van der Waals surface area contributed by atoms with E-state index in [0.717, 1.165) is 43.8 Å². The number of hydrogen-bond donors (Lipinski definition) is 4. The van der Waals surface area contributed by atoms with Crippen LogP contribution in [0.3, 0.4) is 0 Å². The van der Waals surface area contributed by atoms with Gasteiger partial charge in [0, 0.05) is 38.3 Å². The molecule has 0 fully saturated rings. The van der Waals surface area contributed by atoms with Crippen molar-refractivity contribution in [3.63, 3.8) is 0 Å². The van der Waals surface area contributed by atoms with Crippen molar-refractivity contribution >= 4 is 35.8 Å². The second-order valence-electron chi connectivity index (χ2n) is 6.36. The summed E-state index contributed by atoms with van der Waals surface area (Å²) in [4.78, 5) is 16.6. The van der Waals surface area contributed by atoms with Crippen LogP contribution in [0.4, 0.5) is 0 Å². The van der Waals surface area contributed by atoms with Gasteiger partial charge in [0.15, 0.2) is 11.7 Å². The normalized spacial score (nSPS) is 12.2. The monoisotopic (exact) mass is 494 g/mol. The van der Waals surface area contributed by atoms with Gasteiger partial charge in [-0.15, -0.1) is 24.0 Å². The molecule has 0 aliphatic rings. The Morgan fingerprint density at radius 1 is 1.22 bits per heavy atom. The molecule has 0 saturated heterocycles. The summed E-state index contributed by atoms with van der Waals surface area (Å²) in [7, 11) is 0. The number of amides is 1. The number of halogens is 1. The average Bonchev–Trinajstić information content (AvgIpc) is 3.05. The van der Waals surface area contributed by atoms with Crippen molar-refractivity contribution in [3.05, 3.63) is 23.7 Å². The number of nitrogens with one attached hydrogen (secondary N) is 3. The number of rotatable bonds is 12. The summed E-state index contributed by atoms with van der Waals surface area (Å²) < 4.78 is 5.17. The van der Waals surface area contributed by atoms with E-state index in [-0.39, 0.29) is 36.5 Å². The lowest BCUT2D eigenvalue weighted by Crippen LogP contribution is -2.39. The molecule has 0 saturated carbocycles. The Balaban J connectivity index is 0.00000676. The minimum atomic E-state index is -0.181. The molecule has 1 atom stereocenters. The fraction of sp³-hybridized carbons (Fsp3) is 0.684. The molecular formula is C19H35IN4O3. The van der Waals surface area contributed by atoms with E-state index in [1.54, 1.807) is 6.07 Å². The van der Waals surface area contributed by atoms with E-state index in [0.29, 0.717) is 31.3 Å². The Bertz CT molecular complexity index is 543. The standard InChI is InChI=1S/C19H34N4O3.HI/c1-4-7-16(8-12-24)14-23-19(20-5-2)22-11-6-10-21-18(25)17-15(3)9-13-26-17;/h9,13,16,24H,4-8,10-12,14H2,1-3H3,(H,21,25)(H2,20,22,23);1H. The Kier molecular flexibility index (Phi) is 15.0. The number of aryl methyl sites for hydroxylation is 1. The third-order valence-corrected chi connectivity index (χ3v) is 4.09. The largest absolute Gasteiger partial charge is 0.459 e. The molecule has 0 aromatic carbocycles. The number of furan rings is 1. The SMILES string of the molecule is CCCC(CCO)CN=C(NCC)NCCCNC(=O)c1occc1C.I. The van der Waals surface area contributed by atoms with E-state index in [2.05, 4.69) is 27.9 Å². The van der Waals surface area contributed by atoms with Crippen LogP contribution in [-0.4, -0.2) is 49.8 Å². The third-order valence-electron chi connectivity index (χ3n) is 4.09. The van der Waals surface area contributed by atoms with Gasteiger partial charge in [-0.25, -0.2) is 0 Å². The number of hydrogen-bond acceptors (Lipinski definition) is 4. The van der Waals surface area contributed by atoms with Crippen molar-refractivity contribution in [3.8, 4) is 0 Å². The summed E-state index contributed by atoms with van der Waals surface area (Å²) in [5.41, 5.74) is 0.840. The zero-order chi connectivity index (χ0) is 19.2. The maximum Gasteiger partial charge on any atom is 0.287 e. The van der Waals surface area contributed by atoms with Crippen LogP contribution in [0.15, 0.2) is 21.7 Å². The van der Waals surface area contributed by atoms with E-state index >= 15 is 0 Å². The van der Waals surface area contributed by atoms with Gasteiger partial charge >= 0.3 is 0 Å². The fourth-order valence-electron chi connectivity index (χ4n) is 2.66. The molecule has 1 amide bonds. The predicted molar refractivity (Wildman–Crippen MR) is 120 cm³/mol. The first kappa shape index (κ1) is 25.7. The summed E-state index contributed by atoms with van der Waals surface area (Å²) in [5, 5.41) is 18.5. The van der Waals surface area contributed by atoms with Gasteiger partial charge in [0.05, 0.1) is 6.26 Å². The smallest absolute Gasteiger partial charge is 0.287 e. The van der Waals surface area contributed by atoms with Crippen molar-refractivity contribution < 1.29 is 14.3 Å². The van der Waals surface area contributed by atoms with E-state index < -0.39 is 0 Å². The average molecular weight is 494 g/mol. The molecule has 0 aliphatic carbocycles. The molecule has 7 nitrogen and oxygen atoms in total. The van der Waals surface area contributed by atoms with Crippen LogP contribution < -0.4 is 16.0 Å². The van der Waals surface area contributed by atoms with E-state index in [9.17, 15) is 4.79 Å². The van der Waals surface area contributed by atoms with Gasteiger partial charge < -0.3 is 25.5 Å². The molecule has 8 heteroatoms. The van der Waals surface area contributed by atoms with E-state index in [1.165, 1.54) is 6.26 Å². The molecule has 1 unspecified atom stereocenters. The van der Waals surface area contributed by atoms with Gasteiger partial charge in [-0.05, 0) is 45.1 Å². The molecule has 156 valence electrons. The molecule has 27 heavy (non-hydrogen) atoms. The number of aliphatic imine (C=N–C) groups is 1. The zero-order valence-electron chi connectivity index (χ0n) is 16.7. The molecule has 1 rings (SSSR count). The molecule has 1 heterocycles. The zero-order valence-corrected chi connectivity index (χ0v) is 19.0. The Labute approximate surface area is 179 Å². The fourth-order valence-corrected chi connectivity index (χ4v) is 2.66. The Morgan fingerprint density at radius 2 is 1.96 bits per heavy atom. The number of aliphatic hydroxyl groups is 1. The van der Waals surface area contributed by atoms with Gasteiger partial charge in [0.1, 0.15) is 0 Å². The minimum Gasteiger partial charge on any atom is -0.459 e. The van der Waals surface area contributed by atoms with E-state index in [1.807, 2.05) is 13.8 Å². The summed E-state index contributed by atoms with van der Waals surface area (Å²) in [6, 6.07) is 1.78.